The van der Waals surface area contributed by atoms with E-state index in [0.29, 0.717) is 6.04 Å². The SMILES string of the molecule is CCCNC(c1ccc(C)cc1Br)C1CCCC(C)C1. The zero-order valence-corrected chi connectivity index (χ0v) is 14.7. The summed E-state index contributed by atoms with van der Waals surface area (Å²) < 4.78 is 1.27. The van der Waals surface area contributed by atoms with Crippen LogP contribution >= 0.6 is 15.9 Å². The van der Waals surface area contributed by atoms with Crippen molar-refractivity contribution in [3.63, 3.8) is 0 Å². The number of hydrogen-bond acceptors (Lipinski definition) is 1. The van der Waals surface area contributed by atoms with Gasteiger partial charge in [0.2, 0.25) is 0 Å². The second kappa shape index (κ2) is 7.61. The standard InChI is InChI=1S/C18H28BrN/c1-4-10-20-18(15-7-5-6-13(2)11-15)16-9-8-14(3)12-17(16)19/h8-9,12-13,15,18,20H,4-7,10-11H2,1-3H3. The van der Waals surface area contributed by atoms with E-state index in [4.69, 9.17) is 0 Å². The summed E-state index contributed by atoms with van der Waals surface area (Å²) in [5.74, 6) is 1.66. The molecule has 1 aromatic carbocycles. The summed E-state index contributed by atoms with van der Waals surface area (Å²) >= 11 is 3.78. The third-order valence-electron chi connectivity index (χ3n) is 4.55. The molecule has 20 heavy (non-hydrogen) atoms. The van der Waals surface area contributed by atoms with Gasteiger partial charge in [0.05, 0.1) is 0 Å². The molecule has 2 heteroatoms. The van der Waals surface area contributed by atoms with Crippen LogP contribution in [0.1, 0.15) is 63.1 Å². The van der Waals surface area contributed by atoms with E-state index in [-0.39, 0.29) is 0 Å². The van der Waals surface area contributed by atoms with Gasteiger partial charge in [-0.15, -0.1) is 0 Å². The first-order valence-electron chi connectivity index (χ1n) is 8.11. The Kier molecular flexibility index (Phi) is 6.10. The molecule has 1 aliphatic rings. The molecule has 0 radical (unpaired) electrons. The van der Waals surface area contributed by atoms with E-state index >= 15 is 0 Å². The van der Waals surface area contributed by atoms with Crippen LogP contribution in [0.4, 0.5) is 0 Å². The average molecular weight is 338 g/mol. The summed E-state index contributed by atoms with van der Waals surface area (Å²) in [6.07, 6.45) is 6.72. The Labute approximate surface area is 132 Å². The van der Waals surface area contributed by atoms with Gasteiger partial charge in [-0.3, -0.25) is 0 Å². The Hall–Kier alpha value is -0.340. The highest BCUT2D eigenvalue weighted by molar-refractivity contribution is 9.10. The average Bonchev–Trinajstić information content (AvgIpc) is 2.41. The van der Waals surface area contributed by atoms with Crippen LogP contribution < -0.4 is 5.32 Å². The summed E-state index contributed by atoms with van der Waals surface area (Å²) in [4.78, 5) is 0. The van der Waals surface area contributed by atoms with Crippen LogP contribution in [0.5, 0.6) is 0 Å². The molecular weight excluding hydrogens is 310 g/mol. The van der Waals surface area contributed by atoms with Gasteiger partial charge >= 0.3 is 0 Å². The number of rotatable bonds is 5. The van der Waals surface area contributed by atoms with Crippen molar-refractivity contribution < 1.29 is 0 Å². The van der Waals surface area contributed by atoms with Crippen LogP contribution in [0.15, 0.2) is 22.7 Å². The molecule has 0 bridgehead atoms. The maximum atomic E-state index is 3.81. The van der Waals surface area contributed by atoms with E-state index in [0.717, 1.165) is 18.4 Å². The fraction of sp³-hybridized carbons (Fsp3) is 0.667. The molecule has 1 fully saturated rings. The van der Waals surface area contributed by atoms with E-state index in [9.17, 15) is 0 Å². The van der Waals surface area contributed by atoms with Gasteiger partial charge in [-0.05, 0) is 61.8 Å². The Bertz CT molecular complexity index is 429. The summed E-state index contributed by atoms with van der Waals surface area (Å²) in [5.41, 5.74) is 2.77. The smallest absolute Gasteiger partial charge is 0.0359 e. The first-order valence-corrected chi connectivity index (χ1v) is 8.90. The first kappa shape index (κ1) is 16.0. The fourth-order valence-corrected chi connectivity index (χ4v) is 4.24. The Morgan fingerprint density at radius 2 is 2.15 bits per heavy atom. The van der Waals surface area contributed by atoms with Crippen molar-refractivity contribution in [2.75, 3.05) is 6.54 Å². The number of aryl methyl sites for hydroxylation is 1. The van der Waals surface area contributed by atoms with Crippen molar-refractivity contribution in [1.29, 1.82) is 0 Å². The number of nitrogens with one attached hydrogen (secondary N) is 1. The second-order valence-corrected chi connectivity index (χ2v) is 7.34. The molecule has 0 amide bonds. The van der Waals surface area contributed by atoms with E-state index in [2.05, 4.69) is 60.2 Å². The molecule has 0 heterocycles. The molecule has 2 rings (SSSR count). The normalized spacial score (nSPS) is 24.6. The Morgan fingerprint density at radius 3 is 2.80 bits per heavy atom. The molecule has 3 atom stereocenters. The lowest BCUT2D eigenvalue weighted by Crippen LogP contribution is -2.32. The second-order valence-electron chi connectivity index (χ2n) is 6.49. The van der Waals surface area contributed by atoms with Gasteiger partial charge in [0, 0.05) is 10.5 Å². The third kappa shape index (κ3) is 4.08. The lowest BCUT2D eigenvalue weighted by atomic mass is 9.76. The summed E-state index contributed by atoms with van der Waals surface area (Å²) in [6.45, 7) is 7.92. The zero-order valence-electron chi connectivity index (χ0n) is 13.1. The van der Waals surface area contributed by atoms with Crippen LogP contribution in [0.25, 0.3) is 0 Å². The van der Waals surface area contributed by atoms with E-state index < -0.39 is 0 Å². The van der Waals surface area contributed by atoms with Crippen molar-refractivity contribution in [3.05, 3.63) is 33.8 Å². The minimum absolute atomic E-state index is 0.507. The zero-order chi connectivity index (χ0) is 14.5. The molecule has 0 saturated heterocycles. The topological polar surface area (TPSA) is 12.0 Å². The van der Waals surface area contributed by atoms with E-state index in [1.165, 1.54) is 47.7 Å². The number of halogens is 1. The largest absolute Gasteiger partial charge is 0.310 e. The quantitative estimate of drug-likeness (QED) is 0.734. The van der Waals surface area contributed by atoms with Crippen LogP contribution in [0.3, 0.4) is 0 Å². The third-order valence-corrected chi connectivity index (χ3v) is 5.24. The molecular formula is C18H28BrN. The molecule has 112 valence electrons. The lowest BCUT2D eigenvalue weighted by molar-refractivity contribution is 0.223. The summed E-state index contributed by atoms with van der Waals surface area (Å²) in [6, 6.07) is 7.31. The van der Waals surface area contributed by atoms with E-state index in [1.807, 2.05) is 0 Å². The minimum atomic E-state index is 0.507. The molecule has 0 aromatic heterocycles. The molecule has 1 N–H and O–H groups in total. The molecule has 3 unspecified atom stereocenters. The summed E-state index contributed by atoms with van der Waals surface area (Å²) in [7, 11) is 0. The maximum Gasteiger partial charge on any atom is 0.0359 e. The molecule has 0 spiro atoms. The molecule has 1 aromatic rings. The Morgan fingerprint density at radius 1 is 1.35 bits per heavy atom. The molecule has 1 saturated carbocycles. The predicted octanol–water partition coefficient (Wildman–Crippen LogP) is 5.62. The van der Waals surface area contributed by atoms with Crippen molar-refractivity contribution in [1.82, 2.24) is 5.32 Å². The molecule has 1 aliphatic carbocycles. The number of benzene rings is 1. The summed E-state index contributed by atoms with van der Waals surface area (Å²) in [5, 5.41) is 3.81. The first-order chi connectivity index (χ1) is 9.61. The molecule has 1 nitrogen and oxygen atoms in total. The Balaban J connectivity index is 2.21. The lowest BCUT2D eigenvalue weighted by Gasteiger charge is -2.35. The highest BCUT2D eigenvalue weighted by Gasteiger charge is 2.28. The van der Waals surface area contributed by atoms with Crippen molar-refractivity contribution >= 4 is 15.9 Å². The van der Waals surface area contributed by atoms with Crippen LogP contribution in [0.2, 0.25) is 0 Å². The van der Waals surface area contributed by atoms with Gasteiger partial charge in [-0.25, -0.2) is 0 Å². The van der Waals surface area contributed by atoms with Crippen LogP contribution in [0, 0.1) is 18.8 Å². The van der Waals surface area contributed by atoms with Gasteiger partial charge in [0.1, 0.15) is 0 Å². The van der Waals surface area contributed by atoms with Gasteiger partial charge in [-0.1, -0.05) is 54.8 Å². The van der Waals surface area contributed by atoms with Gasteiger partial charge < -0.3 is 5.32 Å². The predicted molar refractivity (Wildman–Crippen MR) is 91.0 cm³/mol. The van der Waals surface area contributed by atoms with Gasteiger partial charge in [0.25, 0.3) is 0 Å². The highest BCUT2D eigenvalue weighted by atomic mass is 79.9. The van der Waals surface area contributed by atoms with Gasteiger partial charge in [-0.2, -0.15) is 0 Å². The van der Waals surface area contributed by atoms with Crippen LogP contribution in [-0.2, 0) is 0 Å². The number of hydrogen-bond donors (Lipinski definition) is 1. The van der Waals surface area contributed by atoms with Crippen molar-refractivity contribution in [2.24, 2.45) is 11.8 Å². The van der Waals surface area contributed by atoms with Crippen LogP contribution in [-0.4, -0.2) is 6.54 Å². The molecule has 0 aliphatic heterocycles. The monoisotopic (exact) mass is 337 g/mol. The fourth-order valence-electron chi connectivity index (χ4n) is 3.50. The van der Waals surface area contributed by atoms with Crippen molar-refractivity contribution in [3.8, 4) is 0 Å². The van der Waals surface area contributed by atoms with E-state index in [1.54, 1.807) is 0 Å². The minimum Gasteiger partial charge on any atom is -0.310 e. The van der Waals surface area contributed by atoms with Gasteiger partial charge in [0.15, 0.2) is 0 Å². The highest BCUT2D eigenvalue weighted by Crippen LogP contribution is 2.39. The maximum absolute atomic E-state index is 3.81. The van der Waals surface area contributed by atoms with Crippen molar-refractivity contribution in [2.45, 2.75) is 58.9 Å².